The van der Waals surface area contributed by atoms with Crippen molar-refractivity contribution in [2.75, 3.05) is 13.7 Å². The lowest BCUT2D eigenvalue weighted by molar-refractivity contribution is -0.136. The number of carboxylic acids is 1. The van der Waals surface area contributed by atoms with Gasteiger partial charge in [0, 0.05) is 23.9 Å². The van der Waals surface area contributed by atoms with Crippen LogP contribution in [0, 0.1) is 0 Å². The molecular weight excluding hydrogens is 252 g/mol. The van der Waals surface area contributed by atoms with Gasteiger partial charge in [-0.3, -0.25) is 9.00 Å². The molecule has 18 heavy (non-hydrogen) atoms. The lowest BCUT2D eigenvalue weighted by Gasteiger charge is -2.11. The summed E-state index contributed by atoms with van der Waals surface area (Å²) in [7, 11) is 0.543. The molecule has 0 saturated heterocycles. The molecule has 0 radical (unpaired) electrons. The van der Waals surface area contributed by atoms with Crippen molar-refractivity contribution in [3.05, 3.63) is 29.8 Å². The van der Waals surface area contributed by atoms with Crippen LogP contribution in [-0.2, 0) is 26.8 Å². The van der Waals surface area contributed by atoms with Crippen molar-refractivity contribution in [3.63, 3.8) is 0 Å². The van der Waals surface area contributed by atoms with Crippen LogP contribution < -0.4 is 0 Å². The summed E-state index contributed by atoms with van der Waals surface area (Å²) in [5.74, 6) is -0.864. The van der Waals surface area contributed by atoms with Crippen LogP contribution in [0.15, 0.2) is 29.2 Å². The van der Waals surface area contributed by atoms with E-state index in [4.69, 9.17) is 9.84 Å². The molecule has 1 aromatic rings. The molecule has 0 aliphatic carbocycles. The first-order chi connectivity index (χ1) is 8.54. The van der Waals surface area contributed by atoms with Crippen LogP contribution in [-0.4, -0.2) is 34.3 Å². The fourth-order valence-corrected chi connectivity index (χ4v) is 2.72. The molecule has 0 aromatic heterocycles. The minimum absolute atomic E-state index is 0.00779. The number of ether oxygens (including phenoxy) is 1. The minimum Gasteiger partial charge on any atom is -0.481 e. The highest BCUT2D eigenvalue weighted by molar-refractivity contribution is 7.85. The average molecular weight is 270 g/mol. The number of hydrogen-bond donors (Lipinski definition) is 1. The topological polar surface area (TPSA) is 63.6 Å². The summed E-state index contributed by atoms with van der Waals surface area (Å²) in [4.78, 5) is 11.3. The quantitative estimate of drug-likeness (QED) is 0.821. The SMILES string of the molecule is COCCC(C)S(=O)c1ccc(CC(=O)O)cc1. The van der Waals surface area contributed by atoms with Crippen LogP contribution in [0.5, 0.6) is 0 Å². The van der Waals surface area contributed by atoms with Crippen LogP contribution in [0.4, 0.5) is 0 Å². The summed E-state index contributed by atoms with van der Waals surface area (Å²) in [6, 6.07) is 6.89. The molecule has 0 bridgehead atoms. The van der Waals surface area contributed by atoms with Gasteiger partial charge in [0.15, 0.2) is 0 Å². The third kappa shape index (κ3) is 4.58. The number of methoxy groups -OCH3 is 1. The molecule has 2 unspecified atom stereocenters. The zero-order valence-corrected chi connectivity index (χ0v) is 11.4. The van der Waals surface area contributed by atoms with Gasteiger partial charge in [-0.2, -0.15) is 0 Å². The molecule has 0 spiro atoms. The Bertz CT molecular complexity index is 414. The Hall–Kier alpha value is -1.20. The van der Waals surface area contributed by atoms with Gasteiger partial charge in [0.05, 0.1) is 17.2 Å². The van der Waals surface area contributed by atoms with Crippen LogP contribution in [0.1, 0.15) is 18.9 Å². The molecule has 100 valence electrons. The van der Waals surface area contributed by atoms with Crippen molar-refractivity contribution in [3.8, 4) is 0 Å². The predicted molar refractivity (Wildman–Crippen MR) is 70.1 cm³/mol. The monoisotopic (exact) mass is 270 g/mol. The second-order valence-corrected chi connectivity index (χ2v) is 5.97. The first-order valence-electron chi connectivity index (χ1n) is 5.75. The molecule has 0 aliphatic heterocycles. The minimum atomic E-state index is -1.08. The van der Waals surface area contributed by atoms with Gasteiger partial charge in [0.25, 0.3) is 0 Å². The summed E-state index contributed by atoms with van der Waals surface area (Å²) in [6.45, 7) is 2.50. The van der Waals surface area contributed by atoms with Gasteiger partial charge >= 0.3 is 5.97 Å². The molecule has 5 heteroatoms. The molecule has 0 aliphatic rings. The summed E-state index contributed by atoms with van der Waals surface area (Å²) < 4.78 is 17.1. The van der Waals surface area contributed by atoms with Gasteiger partial charge < -0.3 is 9.84 Å². The smallest absolute Gasteiger partial charge is 0.307 e. The van der Waals surface area contributed by atoms with Gasteiger partial charge in [-0.1, -0.05) is 19.1 Å². The molecule has 2 atom stereocenters. The van der Waals surface area contributed by atoms with Crippen LogP contribution >= 0.6 is 0 Å². The third-order valence-corrected chi connectivity index (χ3v) is 4.31. The Morgan fingerprint density at radius 1 is 1.39 bits per heavy atom. The van der Waals surface area contributed by atoms with Gasteiger partial charge in [-0.05, 0) is 24.1 Å². The Balaban J connectivity index is 2.66. The summed E-state index contributed by atoms with van der Waals surface area (Å²) in [5, 5.41) is 8.68. The van der Waals surface area contributed by atoms with E-state index in [0.717, 1.165) is 11.3 Å². The van der Waals surface area contributed by atoms with E-state index in [-0.39, 0.29) is 11.7 Å². The fraction of sp³-hybridized carbons (Fsp3) is 0.462. The number of aliphatic carboxylic acids is 1. The van der Waals surface area contributed by atoms with Crippen molar-refractivity contribution in [1.29, 1.82) is 0 Å². The maximum atomic E-state index is 12.1. The van der Waals surface area contributed by atoms with E-state index >= 15 is 0 Å². The zero-order chi connectivity index (χ0) is 13.5. The molecule has 1 N–H and O–H groups in total. The van der Waals surface area contributed by atoms with Crippen molar-refractivity contribution >= 4 is 16.8 Å². The van der Waals surface area contributed by atoms with Gasteiger partial charge in [0.1, 0.15) is 0 Å². The second kappa shape index (κ2) is 7.28. The lowest BCUT2D eigenvalue weighted by Crippen LogP contribution is -2.13. The lowest BCUT2D eigenvalue weighted by atomic mass is 10.2. The van der Waals surface area contributed by atoms with Gasteiger partial charge in [-0.25, -0.2) is 0 Å². The molecule has 0 fully saturated rings. The Labute approximate surface area is 109 Å². The van der Waals surface area contributed by atoms with Gasteiger partial charge in [-0.15, -0.1) is 0 Å². The summed E-state index contributed by atoms with van der Waals surface area (Å²) >= 11 is 0. The highest BCUT2D eigenvalue weighted by atomic mass is 32.2. The predicted octanol–water partition coefficient (Wildman–Crippen LogP) is 1.85. The third-order valence-electron chi connectivity index (χ3n) is 2.60. The number of rotatable bonds is 7. The highest BCUT2D eigenvalue weighted by Gasteiger charge is 2.13. The Morgan fingerprint density at radius 2 is 2.00 bits per heavy atom. The summed E-state index contributed by atoms with van der Waals surface area (Å²) in [5.41, 5.74) is 0.716. The van der Waals surface area contributed by atoms with E-state index in [1.165, 1.54) is 0 Å². The molecule has 0 heterocycles. The normalized spacial score (nSPS) is 14.1. The van der Waals surface area contributed by atoms with Crippen molar-refractivity contribution in [1.82, 2.24) is 0 Å². The average Bonchev–Trinajstić information content (AvgIpc) is 2.35. The Kier molecular flexibility index (Phi) is 6.01. The molecule has 1 rings (SSSR count). The van der Waals surface area contributed by atoms with Gasteiger partial charge in [0.2, 0.25) is 0 Å². The maximum Gasteiger partial charge on any atom is 0.307 e. The largest absolute Gasteiger partial charge is 0.481 e. The van der Waals surface area contributed by atoms with Crippen LogP contribution in [0.2, 0.25) is 0 Å². The van der Waals surface area contributed by atoms with Crippen molar-refractivity contribution in [2.24, 2.45) is 0 Å². The standard InChI is InChI=1S/C13H18O4S/c1-10(7-8-17-2)18(16)12-5-3-11(4-6-12)9-13(14)15/h3-6,10H,7-9H2,1-2H3,(H,14,15). The van der Waals surface area contributed by atoms with E-state index in [2.05, 4.69) is 0 Å². The van der Waals surface area contributed by atoms with E-state index < -0.39 is 16.8 Å². The van der Waals surface area contributed by atoms with E-state index in [1.54, 1.807) is 31.4 Å². The molecule has 1 aromatic carbocycles. The van der Waals surface area contributed by atoms with Crippen LogP contribution in [0.3, 0.4) is 0 Å². The van der Waals surface area contributed by atoms with Crippen LogP contribution in [0.25, 0.3) is 0 Å². The molecule has 0 saturated carbocycles. The molecular formula is C13H18O4S. The molecule has 4 nitrogen and oxygen atoms in total. The molecule has 0 amide bonds. The number of benzene rings is 1. The Morgan fingerprint density at radius 3 is 2.50 bits per heavy atom. The first-order valence-corrected chi connectivity index (χ1v) is 6.96. The van der Waals surface area contributed by atoms with E-state index in [9.17, 15) is 9.00 Å². The van der Waals surface area contributed by atoms with E-state index in [0.29, 0.717) is 12.2 Å². The zero-order valence-electron chi connectivity index (χ0n) is 10.6. The van der Waals surface area contributed by atoms with Crippen molar-refractivity contribution < 1.29 is 18.8 Å². The number of carbonyl (C=O) groups is 1. The van der Waals surface area contributed by atoms with E-state index in [1.807, 2.05) is 6.92 Å². The number of hydrogen-bond acceptors (Lipinski definition) is 3. The highest BCUT2D eigenvalue weighted by Crippen LogP contribution is 2.15. The first kappa shape index (κ1) is 14.9. The van der Waals surface area contributed by atoms with Crippen molar-refractivity contribution in [2.45, 2.75) is 29.9 Å². The second-order valence-electron chi connectivity index (χ2n) is 4.10. The maximum absolute atomic E-state index is 12.1. The number of carboxylic acid groups (broad SMARTS) is 1. The summed E-state index contributed by atoms with van der Waals surface area (Å²) in [6.07, 6.45) is 0.728. The fourth-order valence-electron chi connectivity index (χ4n) is 1.54.